The largest absolute Gasteiger partial charge is 0.396 e. The minimum atomic E-state index is 0.310. The van der Waals surface area contributed by atoms with Crippen molar-refractivity contribution < 1.29 is 5.11 Å². The normalized spacial score (nSPS) is 17.1. The van der Waals surface area contributed by atoms with Crippen LogP contribution in [0.3, 0.4) is 0 Å². The van der Waals surface area contributed by atoms with E-state index in [9.17, 15) is 0 Å². The van der Waals surface area contributed by atoms with Crippen molar-refractivity contribution in [1.29, 1.82) is 0 Å². The van der Waals surface area contributed by atoms with Crippen LogP contribution < -0.4 is 0 Å². The van der Waals surface area contributed by atoms with Crippen LogP contribution in [0.1, 0.15) is 59.8 Å². The molecular formula is C15H33NO. The van der Waals surface area contributed by atoms with Gasteiger partial charge in [-0.3, -0.25) is 0 Å². The van der Waals surface area contributed by atoms with Gasteiger partial charge in [0, 0.05) is 19.2 Å². The maximum absolute atomic E-state index is 9.07. The Morgan fingerprint density at radius 1 is 1.06 bits per heavy atom. The molecule has 0 rings (SSSR count). The molecule has 17 heavy (non-hydrogen) atoms. The molecule has 3 unspecified atom stereocenters. The van der Waals surface area contributed by atoms with Crippen LogP contribution in [0.2, 0.25) is 0 Å². The van der Waals surface area contributed by atoms with Gasteiger partial charge >= 0.3 is 0 Å². The third-order valence-corrected chi connectivity index (χ3v) is 4.15. The quantitative estimate of drug-likeness (QED) is 0.634. The molecule has 1 N–H and O–H groups in total. The van der Waals surface area contributed by atoms with Gasteiger partial charge in [-0.15, -0.1) is 0 Å². The summed E-state index contributed by atoms with van der Waals surface area (Å²) >= 11 is 0. The van der Waals surface area contributed by atoms with Crippen LogP contribution in [0.5, 0.6) is 0 Å². The molecule has 0 radical (unpaired) electrons. The van der Waals surface area contributed by atoms with Crippen LogP contribution in [0.15, 0.2) is 0 Å². The first-order valence-corrected chi connectivity index (χ1v) is 7.41. The number of rotatable bonds is 10. The van der Waals surface area contributed by atoms with Crippen molar-refractivity contribution >= 4 is 0 Å². The van der Waals surface area contributed by atoms with E-state index in [1.54, 1.807) is 0 Å². The minimum absolute atomic E-state index is 0.310. The number of aliphatic hydroxyl groups is 1. The minimum Gasteiger partial charge on any atom is -0.396 e. The lowest BCUT2D eigenvalue weighted by Crippen LogP contribution is -2.37. The van der Waals surface area contributed by atoms with Gasteiger partial charge in [0.1, 0.15) is 0 Å². The van der Waals surface area contributed by atoms with E-state index in [2.05, 4.69) is 39.6 Å². The molecule has 0 aliphatic rings. The van der Waals surface area contributed by atoms with Crippen LogP contribution in [0, 0.1) is 11.8 Å². The molecule has 0 heterocycles. The maximum atomic E-state index is 9.07. The van der Waals surface area contributed by atoms with Gasteiger partial charge in [0.2, 0.25) is 0 Å². The summed E-state index contributed by atoms with van der Waals surface area (Å²) in [6.45, 7) is 10.7. The molecule has 0 bridgehead atoms. The highest BCUT2D eigenvalue weighted by atomic mass is 16.3. The zero-order valence-electron chi connectivity index (χ0n) is 12.6. The van der Waals surface area contributed by atoms with Gasteiger partial charge in [0.05, 0.1) is 0 Å². The Hall–Kier alpha value is -0.0800. The summed E-state index contributed by atoms with van der Waals surface area (Å²) in [6.07, 6.45) is 5.93. The zero-order chi connectivity index (χ0) is 13.3. The number of hydrogen-bond acceptors (Lipinski definition) is 2. The van der Waals surface area contributed by atoms with E-state index < -0.39 is 0 Å². The van der Waals surface area contributed by atoms with Crippen molar-refractivity contribution in [2.24, 2.45) is 11.8 Å². The molecule has 0 aromatic carbocycles. The molecule has 0 aromatic heterocycles. The molecular weight excluding hydrogens is 210 g/mol. The molecule has 0 fully saturated rings. The fourth-order valence-corrected chi connectivity index (χ4v) is 2.81. The Morgan fingerprint density at radius 2 is 1.71 bits per heavy atom. The second-order valence-electron chi connectivity index (χ2n) is 5.45. The van der Waals surface area contributed by atoms with Gasteiger partial charge in [0.25, 0.3) is 0 Å². The SMILES string of the molecule is CCCC(C)C(CC)CN(C)C(CC)CCO. The lowest BCUT2D eigenvalue weighted by molar-refractivity contribution is 0.140. The zero-order valence-corrected chi connectivity index (χ0v) is 12.6. The van der Waals surface area contributed by atoms with E-state index in [-0.39, 0.29) is 0 Å². The average Bonchev–Trinajstić information content (AvgIpc) is 2.32. The van der Waals surface area contributed by atoms with Crippen molar-refractivity contribution in [3.8, 4) is 0 Å². The predicted molar refractivity (Wildman–Crippen MR) is 76.3 cm³/mol. The van der Waals surface area contributed by atoms with Crippen LogP contribution >= 0.6 is 0 Å². The van der Waals surface area contributed by atoms with E-state index in [0.717, 1.165) is 24.7 Å². The molecule has 0 amide bonds. The van der Waals surface area contributed by atoms with Crippen molar-refractivity contribution in [3.63, 3.8) is 0 Å². The molecule has 0 aliphatic carbocycles. The Balaban J connectivity index is 4.24. The van der Waals surface area contributed by atoms with E-state index in [0.29, 0.717) is 12.6 Å². The standard InChI is InChI=1S/C15H33NO/c1-6-9-13(4)14(7-2)12-16(5)15(8-3)10-11-17/h13-15,17H,6-12H2,1-5H3. The molecule has 0 saturated carbocycles. The van der Waals surface area contributed by atoms with Gasteiger partial charge in [-0.25, -0.2) is 0 Å². The molecule has 3 atom stereocenters. The van der Waals surface area contributed by atoms with Crippen molar-refractivity contribution in [1.82, 2.24) is 4.90 Å². The lowest BCUT2D eigenvalue weighted by atomic mass is 9.87. The maximum Gasteiger partial charge on any atom is 0.0445 e. The topological polar surface area (TPSA) is 23.5 Å². The highest BCUT2D eigenvalue weighted by Crippen LogP contribution is 2.22. The highest BCUT2D eigenvalue weighted by molar-refractivity contribution is 4.73. The summed E-state index contributed by atoms with van der Waals surface area (Å²) < 4.78 is 0. The van der Waals surface area contributed by atoms with Crippen LogP contribution in [0.4, 0.5) is 0 Å². The van der Waals surface area contributed by atoms with E-state index in [1.165, 1.54) is 25.8 Å². The average molecular weight is 243 g/mol. The Labute approximate surface area is 108 Å². The Morgan fingerprint density at radius 3 is 2.12 bits per heavy atom. The van der Waals surface area contributed by atoms with Gasteiger partial charge in [0.15, 0.2) is 0 Å². The van der Waals surface area contributed by atoms with Crippen LogP contribution in [-0.4, -0.2) is 36.2 Å². The molecule has 104 valence electrons. The second kappa shape index (κ2) is 9.90. The van der Waals surface area contributed by atoms with Gasteiger partial charge in [-0.1, -0.05) is 47.0 Å². The first-order chi connectivity index (χ1) is 8.10. The van der Waals surface area contributed by atoms with Crippen molar-refractivity contribution in [3.05, 3.63) is 0 Å². The fourth-order valence-electron chi connectivity index (χ4n) is 2.81. The summed E-state index contributed by atoms with van der Waals surface area (Å²) in [4.78, 5) is 2.45. The van der Waals surface area contributed by atoms with E-state index >= 15 is 0 Å². The highest BCUT2D eigenvalue weighted by Gasteiger charge is 2.20. The number of hydrogen-bond donors (Lipinski definition) is 1. The summed E-state index contributed by atoms with van der Waals surface area (Å²) in [5.74, 6) is 1.62. The van der Waals surface area contributed by atoms with Gasteiger partial charge in [-0.05, 0) is 31.7 Å². The lowest BCUT2D eigenvalue weighted by Gasteiger charge is -2.32. The summed E-state index contributed by atoms with van der Waals surface area (Å²) in [6, 6.07) is 0.544. The monoisotopic (exact) mass is 243 g/mol. The third kappa shape index (κ3) is 6.42. The van der Waals surface area contributed by atoms with Crippen molar-refractivity contribution in [2.75, 3.05) is 20.2 Å². The van der Waals surface area contributed by atoms with Gasteiger partial charge < -0.3 is 10.0 Å². The molecule has 2 heteroatoms. The van der Waals surface area contributed by atoms with Crippen LogP contribution in [-0.2, 0) is 0 Å². The summed E-state index contributed by atoms with van der Waals surface area (Å²) in [5.41, 5.74) is 0. The molecule has 2 nitrogen and oxygen atoms in total. The first-order valence-electron chi connectivity index (χ1n) is 7.41. The van der Waals surface area contributed by atoms with E-state index in [1.807, 2.05) is 0 Å². The predicted octanol–water partition coefficient (Wildman–Crippen LogP) is 3.54. The molecule has 0 spiro atoms. The summed E-state index contributed by atoms with van der Waals surface area (Å²) in [7, 11) is 2.21. The second-order valence-corrected chi connectivity index (χ2v) is 5.45. The molecule has 0 saturated heterocycles. The fraction of sp³-hybridized carbons (Fsp3) is 1.00. The molecule has 0 aliphatic heterocycles. The first kappa shape index (κ1) is 16.9. The molecule has 0 aromatic rings. The number of nitrogens with zero attached hydrogens (tertiary/aromatic N) is 1. The van der Waals surface area contributed by atoms with Crippen LogP contribution in [0.25, 0.3) is 0 Å². The third-order valence-electron chi connectivity index (χ3n) is 4.15. The van der Waals surface area contributed by atoms with E-state index in [4.69, 9.17) is 5.11 Å². The number of aliphatic hydroxyl groups excluding tert-OH is 1. The van der Waals surface area contributed by atoms with Crippen molar-refractivity contribution in [2.45, 2.75) is 65.8 Å². The Kier molecular flexibility index (Phi) is 9.85. The Bertz CT molecular complexity index is 172. The smallest absolute Gasteiger partial charge is 0.0445 e. The summed E-state index contributed by atoms with van der Waals surface area (Å²) in [5, 5.41) is 9.07. The van der Waals surface area contributed by atoms with Gasteiger partial charge in [-0.2, -0.15) is 0 Å².